The highest BCUT2D eigenvalue weighted by atomic mass is 35.5. The molecule has 4 rings (SSSR count). The maximum Gasteiger partial charge on any atom is 0.253 e. The summed E-state index contributed by atoms with van der Waals surface area (Å²) in [5, 5.41) is 12.0. The van der Waals surface area contributed by atoms with Gasteiger partial charge in [0.05, 0.1) is 6.61 Å². The number of carbonyl (C=O) groups excluding carboxylic acids is 1. The van der Waals surface area contributed by atoms with E-state index in [9.17, 15) is 9.90 Å². The van der Waals surface area contributed by atoms with Crippen LogP contribution >= 0.6 is 11.6 Å². The number of rotatable bonds is 4. The van der Waals surface area contributed by atoms with Crippen LogP contribution in [0.4, 0.5) is 0 Å². The first-order valence-corrected chi connectivity index (χ1v) is 10.5. The summed E-state index contributed by atoms with van der Waals surface area (Å²) >= 11 is 6.14. The fourth-order valence-corrected chi connectivity index (χ4v) is 4.78. The van der Waals surface area contributed by atoms with Gasteiger partial charge in [-0.2, -0.15) is 0 Å². The molecular formula is C24H27ClN2O2. The van der Waals surface area contributed by atoms with Crippen LogP contribution in [0, 0.1) is 19.3 Å². The van der Waals surface area contributed by atoms with E-state index < -0.39 is 0 Å². The average molecular weight is 411 g/mol. The van der Waals surface area contributed by atoms with Crippen LogP contribution in [0.3, 0.4) is 0 Å². The van der Waals surface area contributed by atoms with Crippen LogP contribution in [0.25, 0.3) is 10.9 Å². The Morgan fingerprint density at radius 1 is 1.24 bits per heavy atom. The zero-order chi connectivity index (χ0) is 20.6. The molecule has 2 heterocycles. The molecule has 1 aliphatic heterocycles. The Kier molecular flexibility index (Phi) is 5.41. The molecule has 5 heteroatoms. The third kappa shape index (κ3) is 3.92. The Balaban J connectivity index is 1.58. The van der Waals surface area contributed by atoms with Crippen molar-refractivity contribution >= 4 is 28.4 Å². The summed E-state index contributed by atoms with van der Waals surface area (Å²) in [4.78, 5) is 18.5. The number of halogens is 1. The fraction of sp³-hybridized carbons (Fsp3) is 0.375. The zero-order valence-electron chi connectivity index (χ0n) is 17.0. The van der Waals surface area contributed by atoms with E-state index in [1.54, 1.807) is 0 Å². The Bertz CT molecular complexity index is 1060. The van der Waals surface area contributed by atoms with E-state index in [-0.39, 0.29) is 17.9 Å². The molecule has 29 heavy (non-hydrogen) atoms. The molecule has 1 saturated heterocycles. The molecule has 0 unspecified atom stereocenters. The number of amides is 1. The normalized spacial score (nSPS) is 19.7. The second kappa shape index (κ2) is 7.85. The van der Waals surface area contributed by atoms with Gasteiger partial charge in [-0.05, 0) is 74.6 Å². The smallest absolute Gasteiger partial charge is 0.253 e. The summed E-state index contributed by atoms with van der Waals surface area (Å²) in [6.45, 7) is 5.45. The molecule has 2 aromatic carbocycles. The van der Waals surface area contributed by atoms with Crippen LogP contribution in [0.15, 0.2) is 42.5 Å². The summed E-state index contributed by atoms with van der Waals surface area (Å²) in [5.74, 6) is 0.0359. The van der Waals surface area contributed by atoms with Crippen molar-refractivity contribution < 1.29 is 9.90 Å². The monoisotopic (exact) mass is 410 g/mol. The van der Waals surface area contributed by atoms with Crippen LogP contribution in [-0.4, -0.2) is 40.6 Å². The zero-order valence-corrected chi connectivity index (χ0v) is 17.7. The molecule has 2 N–H and O–H groups in total. The van der Waals surface area contributed by atoms with Crippen molar-refractivity contribution in [3.05, 3.63) is 69.9 Å². The van der Waals surface area contributed by atoms with E-state index in [1.165, 1.54) is 5.56 Å². The van der Waals surface area contributed by atoms with Crippen LogP contribution < -0.4 is 0 Å². The molecule has 1 aromatic heterocycles. The Morgan fingerprint density at radius 2 is 2.07 bits per heavy atom. The first-order chi connectivity index (χ1) is 13.9. The van der Waals surface area contributed by atoms with Crippen LogP contribution in [0.5, 0.6) is 0 Å². The molecule has 0 radical (unpaired) electrons. The molecule has 1 amide bonds. The van der Waals surface area contributed by atoms with Crippen molar-refractivity contribution in [3.8, 4) is 0 Å². The van der Waals surface area contributed by atoms with Crippen molar-refractivity contribution in [2.75, 3.05) is 19.7 Å². The highest BCUT2D eigenvalue weighted by molar-refractivity contribution is 6.30. The van der Waals surface area contributed by atoms with Crippen LogP contribution in [0.2, 0.25) is 5.02 Å². The minimum Gasteiger partial charge on any atom is -0.396 e. The minimum atomic E-state index is -0.330. The maximum absolute atomic E-state index is 13.3. The van der Waals surface area contributed by atoms with E-state index >= 15 is 0 Å². The number of H-pyrrole nitrogens is 1. The van der Waals surface area contributed by atoms with Gasteiger partial charge in [0.15, 0.2) is 0 Å². The predicted molar refractivity (Wildman–Crippen MR) is 118 cm³/mol. The molecule has 0 spiro atoms. The van der Waals surface area contributed by atoms with Gasteiger partial charge in [-0.15, -0.1) is 0 Å². The van der Waals surface area contributed by atoms with Crippen molar-refractivity contribution in [2.45, 2.75) is 33.1 Å². The van der Waals surface area contributed by atoms with Crippen molar-refractivity contribution in [1.82, 2.24) is 9.88 Å². The van der Waals surface area contributed by atoms with Gasteiger partial charge in [0.2, 0.25) is 0 Å². The molecule has 0 bridgehead atoms. The molecule has 1 aliphatic rings. The third-order valence-corrected chi connectivity index (χ3v) is 6.54. The number of carbonyl (C=O) groups is 1. The SMILES string of the molecule is Cc1[nH]c2ccc(C(=O)N3CCC[C@@](CO)(Cc4cccc(Cl)c4)C3)cc2c1C. The number of likely N-dealkylation sites (tertiary alicyclic amines) is 1. The Morgan fingerprint density at radius 3 is 2.83 bits per heavy atom. The predicted octanol–water partition coefficient (Wildman–Crippen LogP) is 4.90. The van der Waals surface area contributed by atoms with E-state index in [4.69, 9.17) is 11.6 Å². The fourth-order valence-electron chi connectivity index (χ4n) is 4.57. The highest BCUT2D eigenvalue weighted by Gasteiger charge is 2.37. The van der Waals surface area contributed by atoms with Gasteiger partial charge in [-0.25, -0.2) is 0 Å². The Labute approximate surface area is 176 Å². The second-order valence-electron chi connectivity index (χ2n) is 8.43. The number of aromatic nitrogens is 1. The van der Waals surface area contributed by atoms with Gasteiger partial charge in [0.1, 0.15) is 0 Å². The van der Waals surface area contributed by atoms with E-state index in [1.807, 2.05) is 54.3 Å². The lowest BCUT2D eigenvalue weighted by molar-refractivity contribution is 0.0272. The lowest BCUT2D eigenvalue weighted by atomic mass is 9.75. The van der Waals surface area contributed by atoms with Gasteiger partial charge in [0, 0.05) is 45.7 Å². The van der Waals surface area contributed by atoms with Crippen molar-refractivity contribution in [1.29, 1.82) is 0 Å². The van der Waals surface area contributed by atoms with Gasteiger partial charge >= 0.3 is 0 Å². The number of aryl methyl sites for hydroxylation is 2. The van der Waals surface area contributed by atoms with Gasteiger partial charge in [-0.3, -0.25) is 4.79 Å². The largest absolute Gasteiger partial charge is 0.396 e. The van der Waals surface area contributed by atoms with Gasteiger partial charge < -0.3 is 15.0 Å². The van der Waals surface area contributed by atoms with E-state index in [0.717, 1.165) is 41.5 Å². The molecular weight excluding hydrogens is 384 g/mol. The molecule has 1 atom stereocenters. The first kappa shape index (κ1) is 20.0. The highest BCUT2D eigenvalue weighted by Crippen LogP contribution is 2.35. The van der Waals surface area contributed by atoms with Gasteiger partial charge in [0.25, 0.3) is 5.91 Å². The standard InChI is InChI=1S/C24H27ClN2O2/c1-16-17(2)26-22-8-7-19(12-21(16)22)23(29)27-10-4-9-24(14-27,15-28)13-18-5-3-6-20(25)11-18/h3,5-8,11-12,26,28H,4,9-10,13-15H2,1-2H3/t24-/m1/s1. The van der Waals surface area contributed by atoms with Gasteiger partial charge in [-0.1, -0.05) is 23.7 Å². The number of hydrogen-bond donors (Lipinski definition) is 2. The molecule has 1 fully saturated rings. The minimum absolute atomic E-state index is 0.0359. The van der Waals surface area contributed by atoms with Crippen LogP contribution in [0.1, 0.15) is 40.0 Å². The number of aliphatic hydroxyl groups is 1. The lowest BCUT2D eigenvalue weighted by Crippen LogP contribution is -2.49. The molecule has 0 aliphatic carbocycles. The number of piperidine rings is 1. The number of hydrogen-bond acceptors (Lipinski definition) is 2. The molecule has 4 nitrogen and oxygen atoms in total. The van der Waals surface area contributed by atoms with Crippen LogP contribution in [-0.2, 0) is 6.42 Å². The number of fused-ring (bicyclic) bond motifs is 1. The summed E-state index contributed by atoms with van der Waals surface area (Å²) in [7, 11) is 0. The van der Waals surface area contributed by atoms with E-state index in [2.05, 4.69) is 11.9 Å². The second-order valence-corrected chi connectivity index (χ2v) is 8.87. The first-order valence-electron chi connectivity index (χ1n) is 10.1. The van der Waals surface area contributed by atoms with Crippen molar-refractivity contribution in [2.24, 2.45) is 5.41 Å². The number of nitrogens with zero attached hydrogens (tertiary/aromatic N) is 1. The van der Waals surface area contributed by atoms with E-state index in [0.29, 0.717) is 23.6 Å². The number of aromatic amines is 1. The quantitative estimate of drug-likeness (QED) is 0.643. The third-order valence-electron chi connectivity index (χ3n) is 6.31. The summed E-state index contributed by atoms with van der Waals surface area (Å²) in [5.41, 5.74) is 4.84. The molecule has 3 aromatic rings. The topological polar surface area (TPSA) is 56.3 Å². The summed E-state index contributed by atoms with van der Waals surface area (Å²) in [6.07, 6.45) is 2.50. The van der Waals surface area contributed by atoms with Crippen molar-refractivity contribution in [3.63, 3.8) is 0 Å². The molecule has 152 valence electrons. The lowest BCUT2D eigenvalue weighted by Gasteiger charge is -2.42. The number of benzene rings is 2. The number of nitrogens with one attached hydrogen (secondary N) is 1. The number of aliphatic hydroxyl groups excluding tert-OH is 1. The Hall–Kier alpha value is -2.30. The average Bonchev–Trinajstić information content (AvgIpc) is 3.01. The maximum atomic E-state index is 13.3. The molecule has 0 saturated carbocycles. The summed E-state index contributed by atoms with van der Waals surface area (Å²) in [6, 6.07) is 13.6. The summed E-state index contributed by atoms with van der Waals surface area (Å²) < 4.78 is 0.